The fourth-order valence-corrected chi connectivity index (χ4v) is 1.75. The van der Waals surface area contributed by atoms with Gasteiger partial charge in [-0.05, 0) is 18.9 Å². The lowest BCUT2D eigenvalue weighted by molar-refractivity contribution is 0.394. The first-order valence-electron chi connectivity index (χ1n) is 3.11. The highest BCUT2D eigenvalue weighted by molar-refractivity contribution is 14.1. The predicted octanol–water partition coefficient (Wildman–Crippen LogP) is 1.72. The summed E-state index contributed by atoms with van der Waals surface area (Å²) in [6, 6.07) is 0. The summed E-state index contributed by atoms with van der Waals surface area (Å²) in [4.78, 5) is 2.49. The van der Waals surface area contributed by atoms with Gasteiger partial charge in [-0.2, -0.15) is 0 Å². The molecule has 1 saturated heterocycles. The van der Waals surface area contributed by atoms with E-state index in [0.29, 0.717) is 0 Å². The molecule has 1 unspecified atom stereocenters. The standard InChI is InChI=1S/C6H12IN/c1-6-2-3-8(4-6)5-7/h6H,2-5H2,1H3. The lowest BCUT2D eigenvalue weighted by Gasteiger charge is -2.08. The highest BCUT2D eigenvalue weighted by atomic mass is 127. The van der Waals surface area contributed by atoms with Crippen LogP contribution in [0.1, 0.15) is 13.3 Å². The predicted molar refractivity (Wildman–Crippen MR) is 44.2 cm³/mol. The quantitative estimate of drug-likeness (QED) is 0.373. The maximum atomic E-state index is 2.49. The number of hydrogen-bond donors (Lipinski definition) is 0. The number of rotatable bonds is 1. The molecule has 1 aliphatic heterocycles. The zero-order chi connectivity index (χ0) is 5.98. The molecular formula is C6H12IN. The lowest BCUT2D eigenvalue weighted by Crippen LogP contribution is -2.17. The van der Waals surface area contributed by atoms with Crippen LogP contribution in [-0.2, 0) is 0 Å². The molecule has 0 aromatic rings. The molecule has 0 saturated carbocycles. The minimum atomic E-state index is 0.949. The summed E-state index contributed by atoms with van der Waals surface area (Å²) in [5, 5.41) is 0. The zero-order valence-electron chi connectivity index (χ0n) is 5.23. The molecule has 1 atom stereocenters. The Balaban J connectivity index is 2.22. The van der Waals surface area contributed by atoms with Crippen LogP contribution in [0.5, 0.6) is 0 Å². The molecule has 1 nitrogen and oxygen atoms in total. The topological polar surface area (TPSA) is 3.24 Å². The molecule has 0 N–H and O–H groups in total. The van der Waals surface area contributed by atoms with Gasteiger partial charge in [0.1, 0.15) is 0 Å². The van der Waals surface area contributed by atoms with Gasteiger partial charge in [0.25, 0.3) is 0 Å². The van der Waals surface area contributed by atoms with Gasteiger partial charge in [-0.1, -0.05) is 29.5 Å². The van der Waals surface area contributed by atoms with Crippen LogP contribution in [0.4, 0.5) is 0 Å². The van der Waals surface area contributed by atoms with Crippen LogP contribution in [0.3, 0.4) is 0 Å². The number of hydrogen-bond acceptors (Lipinski definition) is 1. The molecule has 0 amide bonds. The van der Waals surface area contributed by atoms with Crippen molar-refractivity contribution in [2.24, 2.45) is 5.92 Å². The Labute approximate surface area is 64.6 Å². The smallest absolute Gasteiger partial charge is 0.0505 e. The van der Waals surface area contributed by atoms with Crippen molar-refractivity contribution in [3.8, 4) is 0 Å². The van der Waals surface area contributed by atoms with Crippen molar-refractivity contribution in [3.05, 3.63) is 0 Å². The molecule has 0 radical (unpaired) electrons. The normalized spacial score (nSPS) is 31.5. The second-order valence-corrected chi connectivity index (χ2v) is 3.27. The molecule has 8 heavy (non-hydrogen) atoms. The largest absolute Gasteiger partial charge is 0.294 e. The molecule has 0 spiro atoms. The summed E-state index contributed by atoms with van der Waals surface area (Å²) in [5.74, 6) is 0.949. The number of halogens is 1. The van der Waals surface area contributed by atoms with E-state index in [-0.39, 0.29) is 0 Å². The SMILES string of the molecule is CC1CCN(CI)C1. The van der Waals surface area contributed by atoms with Crippen molar-refractivity contribution in [1.29, 1.82) is 0 Å². The molecular weight excluding hydrogens is 213 g/mol. The molecule has 1 fully saturated rings. The molecule has 2 heteroatoms. The third kappa shape index (κ3) is 1.58. The van der Waals surface area contributed by atoms with Crippen LogP contribution in [0.2, 0.25) is 0 Å². The average molecular weight is 225 g/mol. The lowest BCUT2D eigenvalue weighted by atomic mass is 10.2. The van der Waals surface area contributed by atoms with Gasteiger partial charge in [-0.3, -0.25) is 4.90 Å². The van der Waals surface area contributed by atoms with Gasteiger partial charge in [-0.25, -0.2) is 0 Å². The van der Waals surface area contributed by atoms with Crippen LogP contribution in [0, 0.1) is 5.92 Å². The molecule has 1 aliphatic rings. The van der Waals surface area contributed by atoms with Crippen LogP contribution >= 0.6 is 22.6 Å². The molecule has 1 rings (SSSR count). The molecule has 0 aliphatic carbocycles. The van der Waals surface area contributed by atoms with Crippen molar-refractivity contribution < 1.29 is 0 Å². The van der Waals surface area contributed by atoms with Gasteiger partial charge in [0.2, 0.25) is 0 Å². The van der Waals surface area contributed by atoms with Crippen LogP contribution in [0.25, 0.3) is 0 Å². The fourth-order valence-electron chi connectivity index (χ4n) is 1.13. The van der Waals surface area contributed by atoms with Crippen LogP contribution < -0.4 is 0 Å². The number of alkyl halides is 1. The van der Waals surface area contributed by atoms with E-state index in [9.17, 15) is 0 Å². The van der Waals surface area contributed by atoms with E-state index in [0.717, 1.165) is 5.92 Å². The highest BCUT2D eigenvalue weighted by Crippen LogP contribution is 2.15. The van der Waals surface area contributed by atoms with E-state index in [1.54, 1.807) is 0 Å². The minimum Gasteiger partial charge on any atom is -0.294 e. The van der Waals surface area contributed by atoms with Gasteiger partial charge in [0.05, 0.1) is 4.55 Å². The first-order valence-corrected chi connectivity index (χ1v) is 4.64. The Morgan fingerprint density at radius 3 is 2.75 bits per heavy atom. The van der Waals surface area contributed by atoms with E-state index in [4.69, 9.17) is 0 Å². The van der Waals surface area contributed by atoms with Gasteiger partial charge in [0.15, 0.2) is 0 Å². The van der Waals surface area contributed by atoms with Crippen molar-refractivity contribution in [2.45, 2.75) is 13.3 Å². The molecule has 48 valence electrons. The third-order valence-electron chi connectivity index (χ3n) is 1.68. The van der Waals surface area contributed by atoms with Gasteiger partial charge in [-0.15, -0.1) is 0 Å². The van der Waals surface area contributed by atoms with Crippen molar-refractivity contribution >= 4 is 22.6 Å². The maximum Gasteiger partial charge on any atom is 0.0505 e. The first kappa shape index (κ1) is 6.81. The second kappa shape index (κ2) is 3.01. The second-order valence-electron chi connectivity index (χ2n) is 2.59. The van der Waals surface area contributed by atoms with E-state index >= 15 is 0 Å². The van der Waals surface area contributed by atoms with Crippen LogP contribution in [0.15, 0.2) is 0 Å². The first-order chi connectivity index (χ1) is 3.83. The van der Waals surface area contributed by atoms with Crippen molar-refractivity contribution in [2.75, 3.05) is 17.6 Å². The Morgan fingerprint density at radius 1 is 1.75 bits per heavy atom. The Morgan fingerprint density at radius 2 is 2.50 bits per heavy atom. The van der Waals surface area contributed by atoms with Crippen molar-refractivity contribution in [3.63, 3.8) is 0 Å². The minimum absolute atomic E-state index is 0.949. The van der Waals surface area contributed by atoms with E-state index in [1.165, 1.54) is 24.1 Å². The summed E-state index contributed by atoms with van der Waals surface area (Å²) < 4.78 is 1.21. The Kier molecular flexibility index (Phi) is 2.56. The van der Waals surface area contributed by atoms with Gasteiger partial charge in [0, 0.05) is 6.54 Å². The van der Waals surface area contributed by atoms with Crippen molar-refractivity contribution in [1.82, 2.24) is 4.90 Å². The van der Waals surface area contributed by atoms with E-state index in [1.807, 2.05) is 0 Å². The summed E-state index contributed by atoms with van der Waals surface area (Å²) in [5.41, 5.74) is 0. The van der Waals surface area contributed by atoms with Crippen LogP contribution in [-0.4, -0.2) is 22.5 Å². The van der Waals surface area contributed by atoms with Gasteiger partial charge >= 0.3 is 0 Å². The Bertz CT molecular complexity index is 74.9. The average Bonchev–Trinajstić information content (AvgIpc) is 2.14. The maximum absolute atomic E-state index is 2.49. The molecule has 1 heterocycles. The number of nitrogens with zero attached hydrogens (tertiary/aromatic N) is 1. The fraction of sp³-hybridized carbons (Fsp3) is 1.00. The van der Waals surface area contributed by atoms with E-state index in [2.05, 4.69) is 34.4 Å². The Hall–Kier alpha value is 0.690. The summed E-state index contributed by atoms with van der Waals surface area (Å²) in [6.45, 7) is 4.97. The number of likely N-dealkylation sites (tertiary alicyclic amines) is 1. The summed E-state index contributed by atoms with van der Waals surface area (Å²) in [7, 11) is 0. The third-order valence-corrected chi connectivity index (χ3v) is 2.64. The summed E-state index contributed by atoms with van der Waals surface area (Å²) >= 11 is 2.43. The monoisotopic (exact) mass is 225 g/mol. The molecule has 0 bridgehead atoms. The molecule has 0 aromatic heterocycles. The molecule has 0 aromatic carbocycles. The summed E-state index contributed by atoms with van der Waals surface area (Å²) in [6.07, 6.45) is 1.41. The zero-order valence-corrected chi connectivity index (χ0v) is 7.39. The van der Waals surface area contributed by atoms with E-state index < -0.39 is 0 Å². The highest BCUT2D eigenvalue weighted by Gasteiger charge is 2.16. The van der Waals surface area contributed by atoms with Gasteiger partial charge < -0.3 is 0 Å².